The molecule has 1 fully saturated rings. The molecule has 0 spiro atoms. The molecule has 1 saturated heterocycles. The molecule has 28 heavy (non-hydrogen) atoms. The van der Waals surface area contributed by atoms with Crippen LogP contribution in [-0.2, 0) is 9.53 Å². The van der Waals surface area contributed by atoms with Gasteiger partial charge in [0, 0.05) is 18.4 Å². The van der Waals surface area contributed by atoms with Crippen LogP contribution in [0.5, 0.6) is 0 Å². The van der Waals surface area contributed by atoms with Gasteiger partial charge < -0.3 is 20.4 Å². The Morgan fingerprint density at radius 1 is 1.21 bits per heavy atom. The standard InChI is InChI=1S/C18H18ClN5O3S/c19-16-6-5-15(28-16)18(26)20-9-12-10-24(22-21-12)14-3-1-13(2-4-14)23-7-8-27-11-17(23)25/h1-6,10,21-22H,7-9,11H2,(H,20,26). The summed E-state index contributed by atoms with van der Waals surface area (Å²) >= 11 is 7.10. The fourth-order valence-electron chi connectivity index (χ4n) is 2.86. The van der Waals surface area contributed by atoms with Gasteiger partial charge in [0.05, 0.1) is 33.7 Å². The maximum atomic E-state index is 12.1. The first-order valence-corrected chi connectivity index (χ1v) is 9.83. The van der Waals surface area contributed by atoms with E-state index < -0.39 is 0 Å². The molecule has 2 aliphatic heterocycles. The van der Waals surface area contributed by atoms with Crippen molar-refractivity contribution in [2.45, 2.75) is 0 Å². The van der Waals surface area contributed by atoms with E-state index in [2.05, 4.69) is 16.3 Å². The molecule has 0 atom stereocenters. The van der Waals surface area contributed by atoms with E-state index in [0.29, 0.717) is 28.9 Å². The van der Waals surface area contributed by atoms with Crippen LogP contribution < -0.4 is 26.2 Å². The molecule has 0 aliphatic carbocycles. The van der Waals surface area contributed by atoms with Gasteiger partial charge in [-0.1, -0.05) is 11.6 Å². The Morgan fingerprint density at radius 2 is 2.00 bits per heavy atom. The summed E-state index contributed by atoms with van der Waals surface area (Å²) in [4.78, 5) is 26.3. The lowest BCUT2D eigenvalue weighted by molar-refractivity contribution is -0.125. The molecular formula is C18H18ClN5O3S. The summed E-state index contributed by atoms with van der Waals surface area (Å²) in [5.41, 5.74) is 8.58. The maximum Gasteiger partial charge on any atom is 0.261 e. The largest absolute Gasteiger partial charge is 0.370 e. The normalized spacial score (nSPS) is 16.8. The minimum absolute atomic E-state index is 0.0371. The summed E-state index contributed by atoms with van der Waals surface area (Å²) in [7, 11) is 0. The minimum atomic E-state index is -0.169. The zero-order valence-electron chi connectivity index (χ0n) is 14.8. The smallest absolute Gasteiger partial charge is 0.261 e. The summed E-state index contributed by atoms with van der Waals surface area (Å²) in [5.74, 6) is -0.206. The predicted octanol–water partition coefficient (Wildman–Crippen LogP) is 1.87. The number of benzene rings is 1. The van der Waals surface area contributed by atoms with Crippen molar-refractivity contribution in [3.63, 3.8) is 0 Å². The number of carbonyl (C=O) groups excluding carboxylic acids is 2. The van der Waals surface area contributed by atoms with E-state index in [-0.39, 0.29) is 18.4 Å². The average Bonchev–Trinajstić information content (AvgIpc) is 3.36. The van der Waals surface area contributed by atoms with E-state index in [0.717, 1.165) is 17.1 Å². The number of morpholine rings is 1. The Hall–Kier alpha value is -2.59. The van der Waals surface area contributed by atoms with Gasteiger partial charge in [-0.05, 0) is 36.4 Å². The molecule has 8 nitrogen and oxygen atoms in total. The third-order valence-corrected chi connectivity index (χ3v) is 5.51. The SMILES string of the molecule is O=C(NCC1=CN(c2ccc(N3CCOCC3=O)cc2)NN1)c1ccc(Cl)s1. The number of hydrogen-bond acceptors (Lipinski definition) is 7. The second-order valence-electron chi connectivity index (χ2n) is 6.16. The number of carbonyl (C=O) groups is 2. The zero-order chi connectivity index (χ0) is 19.5. The van der Waals surface area contributed by atoms with Crippen molar-refractivity contribution in [1.29, 1.82) is 0 Å². The van der Waals surface area contributed by atoms with Crippen LogP contribution >= 0.6 is 22.9 Å². The number of nitrogens with zero attached hydrogens (tertiary/aromatic N) is 2. The number of anilines is 2. The van der Waals surface area contributed by atoms with E-state index in [4.69, 9.17) is 16.3 Å². The van der Waals surface area contributed by atoms with Crippen molar-refractivity contribution in [3.05, 3.63) is 57.5 Å². The molecule has 2 aromatic rings. The Bertz CT molecular complexity index is 914. The lowest BCUT2D eigenvalue weighted by Crippen LogP contribution is -2.41. The molecule has 3 heterocycles. The third-order valence-electron chi connectivity index (χ3n) is 4.28. The van der Waals surface area contributed by atoms with Crippen molar-refractivity contribution < 1.29 is 14.3 Å². The van der Waals surface area contributed by atoms with Crippen LogP contribution in [0.4, 0.5) is 11.4 Å². The summed E-state index contributed by atoms with van der Waals surface area (Å²) in [6.45, 7) is 1.56. The van der Waals surface area contributed by atoms with E-state index in [1.807, 2.05) is 30.5 Å². The third kappa shape index (κ3) is 4.12. The van der Waals surface area contributed by atoms with Crippen LogP contribution in [0.3, 0.4) is 0 Å². The van der Waals surface area contributed by atoms with Crippen molar-refractivity contribution in [1.82, 2.24) is 16.3 Å². The Morgan fingerprint density at radius 3 is 2.71 bits per heavy atom. The highest BCUT2D eigenvalue weighted by Gasteiger charge is 2.21. The number of amides is 2. The topological polar surface area (TPSA) is 85.9 Å². The monoisotopic (exact) mass is 419 g/mol. The number of halogens is 1. The molecule has 2 amide bonds. The molecule has 4 rings (SSSR count). The van der Waals surface area contributed by atoms with Crippen LogP contribution in [-0.4, -0.2) is 38.1 Å². The highest BCUT2D eigenvalue weighted by Crippen LogP contribution is 2.23. The van der Waals surface area contributed by atoms with Crippen LogP contribution in [0, 0.1) is 0 Å². The Balaban J connectivity index is 1.35. The predicted molar refractivity (Wildman–Crippen MR) is 108 cm³/mol. The molecule has 0 unspecified atom stereocenters. The number of hydrogen-bond donors (Lipinski definition) is 3. The molecule has 3 N–H and O–H groups in total. The number of rotatable bonds is 5. The molecule has 0 saturated carbocycles. The minimum Gasteiger partial charge on any atom is -0.370 e. The lowest BCUT2D eigenvalue weighted by atomic mass is 10.2. The summed E-state index contributed by atoms with van der Waals surface area (Å²) < 4.78 is 5.74. The summed E-state index contributed by atoms with van der Waals surface area (Å²) in [6.07, 6.45) is 1.86. The highest BCUT2D eigenvalue weighted by molar-refractivity contribution is 7.18. The van der Waals surface area contributed by atoms with Gasteiger partial charge in [0.25, 0.3) is 11.8 Å². The quantitative estimate of drug-likeness (QED) is 0.686. The van der Waals surface area contributed by atoms with Gasteiger partial charge >= 0.3 is 0 Å². The van der Waals surface area contributed by atoms with E-state index in [9.17, 15) is 9.59 Å². The summed E-state index contributed by atoms with van der Waals surface area (Å²) in [6, 6.07) is 11.0. The highest BCUT2D eigenvalue weighted by atomic mass is 35.5. The molecular weight excluding hydrogens is 402 g/mol. The van der Waals surface area contributed by atoms with E-state index >= 15 is 0 Å². The van der Waals surface area contributed by atoms with Crippen molar-refractivity contribution in [3.8, 4) is 0 Å². The fraction of sp³-hybridized carbons (Fsp3) is 0.222. The van der Waals surface area contributed by atoms with Gasteiger partial charge in [0.2, 0.25) is 0 Å². The van der Waals surface area contributed by atoms with Gasteiger partial charge in [-0.25, -0.2) is 0 Å². The molecule has 146 valence electrons. The number of hydrazine groups is 2. The van der Waals surface area contributed by atoms with Gasteiger partial charge in [-0.2, -0.15) is 0 Å². The van der Waals surface area contributed by atoms with Crippen LogP contribution in [0.25, 0.3) is 0 Å². The van der Waals surface area contributed by atoms with E-state index in [1.165, 1.54) is 11.3 Å². The molecule has 0 bridgehead atoms. The first-order valence-electron chi connectivity index (χ1n) is 8.63. The fourth-order valence-corrected chi connectivity index (χ4v) is 3.82. The van der Waals surface area contributed by atoms with Crippen LogP contribution in [0.1, 0.15) is 9.67 Å². The zero-order valence-corrected chi connectivity index (χ0v) is 16.3. The molecule has 1 aromatic carbocycles. The van der Waals surface area contributed by atoms with Gasteiger partial charge in [0.1, 0.15) is 6.61 Å². The Labute approximate surface area is 170 Å². The van der Waals surface area contributed by atoms with Crippen LogP contribution in [0.15, 0.2) is 48.3 Å². The average molecular weight is 420 g/mol. The molecule has 0 radical (unpaired) electrons. The first kappa shape index (κ1) is 18.8. The van der Waals surface area contributed by atoms with Crippen LogP contribution in [0.2, 0.25) is 4.34 Å². The van der Waals surface area contributed by atoms with E-state index in [1.54, 1.807) is 22.0 Å². The Kier molecular flexibility index (Phi) is 5.49. The number of ether oxygens (including phenoxy) is 1. The number of nitrogens with one attached hydrogen (secondary N) is 3. The summed E-state index contributed by atoms with van der Waals surface area (Å²) in [5, 5.41) is 4.64. The number of thiophene rings is 1. The van der Waals surface area contributed by atoms with Crippen molar-refractivity contribution in [2.24, 2.45) is 0 Å². The molecule has 2 aliphatic rings. The first-order chi connectivity index (χ1) is 13.6. The molecule has 1 aromatic heterocycles. The lowest BCUT2D eigenvalue weighted by Gasteiger charge is -2.27. The maximum absolute atomic E-state index is 12.1. The molecule has 10 heteroatoms. The van der Waals surface area contributed by atoms with Gasteiger partial charge in [0.15, 0.2) is 0 Å². The van der Waals surface area contributed by atoms with Gasteiger partial charge in [-0.15, -0.1) is 16.9 Å². The second kappa shape index (κ2) is 8.19. The second-order valence-corrected chi connectivity index (χ2v) is 7.88. The van der Waals surface area contributed by atoms with Crippen molar-refractivity contribution >= 4 is 46.1 Å². The van der Waals surface area contributed by atoms with Gasteiger partial charge in [-0.3, -0.25) is 14.6 Å². The van der Waals surface area contributed by atoms with Crippen molar-refractivity contribution in [2.75, 3.05) is 36.2 Å².